The van der Waals surface area contributed by atoms with Gasteiger partial charge < -0.3 is 14.7 Å². The van der Waals surface area contributed by atoms with Crippen LogP contribution in [0.4, 0.5) is 0 Å². The van der Waals surface area contributed by atoms with Crippen molar-refractivity contribution in [2.24, 2.45) is 11.8 Å². The van der Waals surface area contributed by atoms with Crippen LogP contribution in [-0.4, -0.2) is 27.3 Å². The average Bonchev–Trinajstić information content (AvgIpc) is 3.09. The first-order chi connectivity index (χ1) is 14.6. The summed E-state index contributed by atoms with van der Waals surface area (Å²) in [5, 5.41) is 2.93. The number of ketones is 1. The van der Waals surface area contributed by atoms with E-state index >= 15 is 0 Å². The van der Waals surface area contributed by atoms with Crippen molar-refractivity contribution < 1.29 is 9.59 Å². The van der Waals surface area contributed by atoms with Gasteiger partial charge in [-0.05, 0) is 69.7 Å². The van der Waals surface area contributed by atoms with Gasteiger partial charge in [-0.2, -0.15) is 0 Å². The number of aromatic nitrogens is 2. The van der Waals surface area contributed by atoms with Gasteiger partial charge in [-0.3, -0.25) is 4.79 Å². The van der Waals surface area contributed by atoms with E-state index in [1.165, 1.54) is 23.6 Å². The quantitative estimate of drug-likeness (QED) is 0.538. The van der Waals surface area contributed by atoms with Crippen molar-refractivity contribution in [1.82, 2.24) is 14.9 Å². The van der Waals surface area contributed by atoms with Crippen LogP contribution in [0, 0.1) is 25.7 Å². The van der Waals surface area contributed by atoms with E-state index < -0.39 is 0 Å². The highest BCUT2D eigenvalue weighted by molar-refractivity contribution is 5.86. The van der Waals surface area contributed by atoms with Crippen molar-refractivity contribution in [3.8, 4) is 0 Å². The van der Waals surface area contributed by atoms with E-state index in [2.05, 4.69) is 47.8 Å². The third-order valence-electron chi connectivity index (χ3n) is 5.35. The first-order valence-corrected chi connectivity index (χ1v) is 11.8. The van der Waals surface area contributed by atoms with E-state index in [-0.39, 0.29) is 29.6 Å². The summed E-state index contributed by atoms with van der Waals surface area (Å²) >= 11 is 0. The lowest BCUT2D eigenvalue weighted by Crippen LogP contribution is -2.39. The smallest absolute Gasteiger partial charge is 0.224 e. The van der Waals surface area contributed by atoms with E-state index in [9.17, 15) is 9.59 Å². The number of nitrogens with one attached hydrogen (secondary N) is 1. The van der Waals surface area contributed by atoms with Gasteiger partial charge in [0.2, 0.25) is 5.91 Å². The summed E-state index contributed by atoms with van der Waals surface area (Å²) in [6.07, 6.45) is 4.35. The Bertz CT molecular complexity index is 808. The molecule has 1 heterocycles. The number of imidazole rings is 1. The molecule has 0 bridgehead atoms. The fourth-order valence-electron chi connectivity index (χ4n) is 3.13. The van der Waals surface area contributed by atoms with Crippen LogP contribution < -0.4 is 5.32 Å². The van der Waals surface area contributed by atoms with E-state index in [4.69, 9.17) is 0 Å². The SMILES string of the molecule is CC.CCC(C)NC(=O)C(CC(C)=O)C(C)C.CCCn1cnc2cc(C)c(C)cc21. The molecule has 0 aliphatic heterocycles. The van der Waals surface area contributed by atoms with Crippen molar-refractivity contribution in [2.75, 3.05) is 0 Å². The van der Waals surface area contributed by atoms with Gasteiger partial charge in [0.1, 0.15) is 5.78 Å². The third-order valence-corrected chi connectivity index (χ3v) is 5.35. The Morgan fingerprint density at radius 3 is 2.13 bits per heavy atom. The lowest BCUT2D eigenvalue weighted by molar-refractivity contribution is -0.130. The van der Waals surface area contributed by atoms with Crippen LogP contribution in [-0.2, 0) is 16.1 Å². The predicted octanol–water partition coefficient (Wildman–Crippen LogP) is 6.24. The van der Waals surface area contributed by atoms with Crippen LogP contribution in [0.2, 0.25) is 0 Å². The summed E-state index contributed by atoms with van der Waals surface area (Å²) in [5.74, 6) is 0.108. The molecule has 1 aromatic heterocycles. The van der Waals surface area contributed by atoms with E-state index in [0.717, 1.165) is 24.9 Å². The average molecular weight is 432 g/mol. The molecule has 1 aromatic carbocycles. The summed E-state index contributed by atoms with van der Waals surface area (Å²) in [6.45, 7) is 21.0. The number of carbonyl (C=O) groups excluding carboxylic acids is 2. The lowest BCUT2D eigenvalue weighted by atomic mass is 9.90. The highest BCUT2D eigenvalue weighted by Crippen LogP contribution is 2.18. The molecule has 0 spiro atoms. The molecule has 2 aromatic rings. The molecule has 0 fully saturated rings. The van der Waals surface area contributed by atoms with Crippen LogP contribution >= 0.6 is 0 Å². The molecular formula is C26H45N3O2. The molecule has 2 atom stereocenters. The number of rotatable bonds is 8. The number of Topliss-reactive ketones (excluding diaryl/α,β-unsaturated/α-hetero) is 1. The topological polar surface area (TPSA) is 64.0 Å². The zero-order valence-electron chi connectivity index (χ0n) is 21.5. The number of hydrogen-bond acceptors (Lipinski definition) is 3. The third kappa shape index (κ3) is 9.67. The maximum Gasteiger partial charge on any atom is 0.224 e. The van der Waals surface area contributed by atoms with Gasteiger partial charge in [0.05, 0.1) is 17.4 Å². The zero-order chi connectivity index (χ0) is 24.1. The Kier molecular flexibility index (Phi) is 13.7. The highest BCUT2D eigenvalue weighted by atomic mass is 16.2. The second-order valence-corrected chi connectivity index (χ2v) is 8.44. The molecule has 2 rings (SSSR count). The second kappa shape index (κ2) is 14.8. The molecule has 1 N–H and O–H groups in total. The minimum Gasteiger partial charge on any atom is -0.353 e. The van der Waals surface area contributed by atoms with Crippen molar-refractivity contribution in [3.63, 3.8) is 0 Å². The molecule has 176 valence electrons. The summed E-state index contributed by atoms with van der Waals surface area (Å²) in [5.41, 5.74) is 5.03. The standard InChI is InChI=1S/C12H16N2.C12H23NO2.C2H6/c1-4-5-14-8-13-11-6-9(2)10(3)7-12(11)14;1-6-9(4)13-12(15)11(8(2)3)7-10(5)14;1-2/h6-8H,4-5H2,1-3H3;8-9,11H,6-7H2,1-5H3,(H,13,15);1-2H3. The summed E-state index contributed by atoms with van der Waals surface area (Å²) < 4.78 is 2.22. The maximum absolute atomic E-state index is 11.8. The molecule has 5 heteroatoms. The number of aryl methyl sites for hydroxylation is 3. The van der Waals surface area contributed by atoms with Crippen molar-refractivity contribution in [3.05, 3.63) is 29.6 Å². The Hall–Kier alpha value is -2.17. The van der Waals surface area contributed by atoms with E-state index in [1.54, 1.807) is 0 Å². The monoisotopic (exact) mass is 431 g/mol. The number of amides is 1. The fraction of sp³-hybridized carbons (Fsp3) is 0.654. The van der Waals surface area contributed by atoms with Crippen molar-refractivity contribution >= 4 is 22.7 Å². The van der Waals surface area contributed by atoms with Gasteiger partial charge in [0.25, 0.3) is 0 Å². The number of benzene rings is 1. The molecule has 0 aliphatic carbocycles. The molecule has 1 amide bonds. The minimum atomic E-state index is -0.184. The van der Waals surface area contributed by atoms with E-state index in [1.807, 2.05) is 47.9 Å². The minimum absolute atomic E-state index is 0.00884. The molecule has 0 aliphatic rings. The van der Waals surface area contributed by atoms with Crippen molar-refractivity contribution in [1.29, 1.82) is 0 Å². The van der Waals surface area contributed by atoms with Gasteiger partial charge in [-0.15, -0.1) is 0 Å². The summed E-state index contributed by atoms with van der Waals surface area (Å²) in [6, 6.07) is 4.58. The molecular weight excluding hydrogens is 386 g/mol. The van der Waals surface area contributed by atoms with Crippen LogP contribution in [0.5, 0.6) is 0 Å². The molecule has 2 unspecified atom stereocenters. The van der Waals surface area contributed by atoms with Gasteiger partial charge >= 0.3 is 0 Å². The highest BCUT2D eigenvalue weighted by Gasteiger charge is 2.24. The first-order valence-electron chi connectivity index (χ1n) is 11.8. The summed E-state index contributed by atoms with van der Waals surface area (Å²) in [4.78, 5) is 27.3. The maximum atomic E-state index is 11.8. The van der Waals surface area contributed by atoms with Crippen molar-refractivity contribution in [2.45, 2.75) is 101 Å². The van der Waals surface area contributed by atoms with Gasteiger partial charge in [-0.1, -0.05) is 41.5 Å². The Morgan fingerprint density at radius 1 is 1.06 bits per heavy atom. The fourth-order valence-corrected chi connectivity index (χ4v) is 3.13. The molecule has 0 radical (unpaired) electrons. The number of hydrogen-bond donors (Lipinski definition) is 1. The predicted molar refractivity (Wildman–Crippen MR) is 132 cm³/mol. The number of carbonyl (C=O) groups is 2. The molecule has 0 saturated carbocycles. The van der Waals surface area contributed by atoms with Gasteiger partial charge in [-0.25, -0.2) is 4.98 Å². The zero-order valence-corrected chi connectivity index (χ0v) is 21.5. The first kappa shape index (κ1) is 28.8. The van der Waals surface area contributed by atoms with Gasteiger partial charge in [0, 0.05) is 24.9 Å². The Balaban J connectivity index is 0.000000538. The summed E-state index contributed by atoms with van der Waals surface area (Å²) in [7, 11) is 0. The van der Waals surface area contributed by atoms with E-state index in [0.29, 0.717) is 6.42 Å². The lowest BCUT2D eigenvalue weighted by Gasteiger charge is -2.21. The largest absolute Gasteiger partial charge is 0.353 e. The molecule has 5 nitrogen and oxygen atoms in total. The van der Waals surface area contributed by atoms with Crippen LogP contribution in [0.15, 0.2) is 18.5 Å². The Labute approximate surface area is 190 Å². The number of fused-ring (bicyclic) bond motifs is 1. The second-order valence-electron chi connectivity index (χ2n) is 8.44. The Morgan fingerprint density at radius 2 is 1.65 bits per heavy atom. The molecule has 0 saturated heterocycles. The van der Waals surface area contributed by atoms with Gasteiger partial charge in [0.15, 0.2) is 0 Å². The van der Waals surface area contributed by atoms with Crippen LogP contribution in [0.3, 0.4) is 0 Å². The normalized spacial score (nSPS) is 12.4. The van der Waals surface area contributed by atoms with Crippen LogP contribution in [0.1, 0.15) is 85.8 Å². The molecule has 31 heavy (non-hydrogen) atoms. The van der Waals surface area contributed by atoms with Crippen LogP contribution in [0.25, 0.3) is 11.0 Å². The number of nitrogens with zero attached hydrogens (tertiary/aromatic N) is 2.